The van der Waals surface area contributed by atoms with Crippen molar-refractivity contribution in [1.29, 1.82) is 0 Å². The fourth-order valence-corrected chi connectivity index (χ4v) is 3.32. The van der Waals surface area contributed by atoms with E-state index in [0.29, 0.717) is 24.5 Å². The number of amides is 1. The average molecular weight is 275 g/mol. The Balaban J connectivity index is 1.85. The SMILES string of the molecule is COc1ccccc1C(=O)N1CCO[C@@H]2CCCC[C@@H]21. The van der Waals surface area contributed by atoms with Crippen molar-refractivity contribution in [3.05, 3.63) is 29.8 Å². The minimum atomic E-state index is 0.0719. The first kappa shape index (κ1) is 13.4. The van der Waals surface area contributed by atoms with Crippen LogP contribution in [0.3, 0.4) is 0 Å². The molecule has 0 bridgehead atoms. The number of hydrogen-bond donors (Lipinski definition) is 0. The van der Waals surface area contributed by atoms with Gasteiger partial charge in [0, 0.05) is 6.54 Å². The normalized spacial score (nSPS) is 25.9. The molecule has 2 atom stereocenters. The van der Waals surface area contributed by atoms with E-state index in [1.165, 1.54) is 12.8 Å². The fourth-order valence-electron chi connectivity index (χ4n) is 3.32. The van der Waals surface area contributed by atoms with E-state index in [4.69, 9.17) is 9.47 Å². The Kier molecular flexibility index (Phi) is 3.92. The summed E-state index contributed by atoms with van der Waals surface area (Å²) in [6.45, 7) is 1.32. The second-order valence-corrected chi connectivity index (χ2v) is 5.46. The number of carbonyl (C=O) groups is 1. The van der Waals surface area contributed by atoms with E-state index in [2.05, 4.69) is 0 Å². The quantitative estimate of drug-likeness (QED) is 0.832. The Bertz CT molecular complexity index is 486. The first-order valence-electron chi connectivity index (χ1n) is 7.37. The summed E-state index contributed by atoms with van der Waals surface area (Å²) in [7, 11) is 1.61. The maximum atomic E-state index is 12.8. The number of benzene rings is 1. The fraction of sp³-hybridized carbons (Fsp3) is 0.562. The summed E-state index contributed by atoms with van der Waals surface area (Å²) in [6, 6.07) is 7.68. The molecule has 1 aromatic rings. The highest BCUT2D eigenvalue weighted by atomic mass is 16.5. The van der Waals surface area contributed by atoms with Gasteiger partial charge in [-0.1, -0.05) is 25.0 Å². The third-order valence-electron chi connectivity index (χ3n) is 4.33. The predicted molar refractivity (Wildman–Crippen MR) is 76.0 cm³/mol. The average Bonchev–Trinajstić information content (AvgIpc) is 2.53. The van der Waals surface area contributed by atoms with Gasteiger partial charge in [0.05, 0.1) is 31.4 Å². The van der Waals surface area contributed by atoms with Crippen molar-refractivity contribution < 1.29 is 14.3 Å². The van der Waals surface area contributed by atoms with Crippen molar-refractivity contribution in [3.63, 3.8) is 0 Å². The lowest BCUT2D eigenvalue weighted by molar-refractivity contribution is -0.0753. The molecule has 1 heterocycles. The van der Waals surface area contributed by atoms with Crippen LogP contribution in [0.15, 0.2) is 24.3 Å². The van der Waals surface area contributed by atoms with Gasteiger partial charge in [-0.25, -0.2) is 0 Å². The van der Waals surface area contributed by atoms with Crippen LogP contribution in [0, 0.1) is 0 Å². The number of nitrogens with zero attached hydrogens (tertiary/aromatic N) is 1. The molecule has 3 rings (SSSR count). The van der Waals surface area contributed by atoms with Crippen molar-refractivity contribution >= 4 is 5.91 Å². The molecule has 0 N–H and O–H groups in total. The number of carbonyl (C=O) groups excluding carboxylic acids is 1. The predicted octanol–water partition coefficient (Wildman–Crippen LogP) is 2.48. The van der Waals surface area contributed by atoms with Crippen LogP contribution in [0.4, 0.5) is 0 Å². The summed E-state index contributed by atoms with van der Waals surface area (Å²) in [5, 5.41) is 0. The van der Waals surface area contributed by atoms with Crippen molar-refractivity contribution in [2.75, 3.05) is 20.3 Å². The third-order valence-corrected chi connectivity index (χ3v) is 4.33. The molecule has 20 heavy (non-hydrogen) atoms. The molecule has 1 saturated heterocycles. The summed E-state index contributed by atoms with van der Waals surface area (Å²) in [5.74, 6) is 0.721. The number of ether oxygens (including phenoxy) is 2. The van der Waals surface area contributed by atoms with Gasteiger partial charge in [-0.2, -0.15) is 0 Å². The van der Waals surface area contributed by atoms with Crippen LogP contribution in [-0.2, 0) is 4.74 Å². The largest absolute Gasteiger partial charge is 0.496 e. The Morgan fingerprint density at radius 3 is 2.95 bits per heavy atom. The summed E-state index contributed by atoms with van der Waals surface area (Å²) >= 11 is 0. The topological polar surface area (TPSA) is 38.8 Å². The maximum absolute atomic E-state index is 12.8. The molecule has 1 aliphatic carbocycles. The summed E-state index contributed by atoms with van der Waals surface area (Å²) in [5.41, 5.74) is 0.654. The molecule has 1 saturated carbocycles. The van der Waals surface area contributed by atoms with Crippen LogP contribution >= 0.6 is 0 Å². The van der Waals surface area contributed by atoms with E-state index in [1.807, 2.05) is 29.2 Å². The van der Waals surface area contributed by atoms with Crippen LogP contribution in [0.1, 0.15) is 36.0 Å². The third kappa shape index (κ3) is 2.40. The van der Waals surface area contributed by atoms with E-state index < -0.39 is 0 Å². The van der Waals surface area contributed by atoms with Gasteiger partial charge in [-0.05, 0) is 25.0 Å². The van der Waals surface area contributed by atoms with Gasteiger partial charge < -0.3 is 14.4 Å². The van der Waals surface area contributed by atoms with Crippen molar-refractivity contribution in [2.45, 2.75) is 37.8 Å². The monoisotopic (exact) mass is 275 g/mol. The minimum absolute atomic E-state index is 0.0719. The van der Waals surface area contributed by atoms with E-state index in [1.54, 1.807) is 7.11 Å². The molecule has 4 heteroatoms. The zero-order chi connectivity index (χ0) is 13.9. The van der Waals surface area contributed by atoms with Crippen LogP contribution in [0.25, 0.3) is 0 Å². The van der Waals surface area contributed by atoms with Gasteiger partial charge in [0.15, 0.2) is 0 Å². The van der Waals surface area contributed by atoms with Crippen molar-refractivity contribution in [2.24, 2.45) is 0 Å². The molecule has 4 nitrogen and oxygen atoms in total. The summed E-state index contributed by atoms with van der Waals surface area (Å²) in [6.07, 6.45) is 4.72. The molecule has 0 spiro atoms. The van der Waals surface area contributed by atoms with Gasteiger partial charge in [0.25, 0.3) is 5.91 Å². The molecule has 0 radical (unpaired) electrons. The van der Waals surface area contributed by atoms with E-state index in [9.17, 15) is 4.79 Å². The van der Waals surface area contributed by atoms with Crippen LogP contribution in [-0.4, -0.2) is 43.2 Å². The zero-order valence-corrected chi connectivity index (χ0v) is 11.9. The van der Waals surface area contributed by atoms with Crippen molar-refractivity contribution in [1.82, 2.24) is 4.90 Å². The number of hydrogen-bond acceptors (Lipinski definition) is 3. The first-order valence-corrected chi connectivity index (χ1v) is 7.37. The van der Waals surface area contributed by atoms with Crippen LogP contribution in [0.5, 0.6) is 5.75 Å². The highest BCUT2D eigenvalue weighted by molar-refractivity contribution is 5.97. The van der Waals surface area contributed by atoms with E-state index >= 15 is 0 Å². The smallest absolute Gasteiger partial charge is 0.258 e. The first-order chi connectivity index (χ1) is 9.81. The minimum Gasteiger partial charge on any atom is -0.496 e. The molecule has 1 aliphatic heterocycles. The van der Waals surface area contributed by atoms with E-state index in [-0.39, 0.29) is 18.1 Å². The lowest BCUT2D eigenvalue weighted by Gasteiger charge is -2.43. The van der Waals surface area contributed by atoms with Gasteiger partial charge in [-0.15, -0.1) is 0 Å². The molecule has 108 valence electrons. The molecule has 1 amide bonds. The van der Waals surface area contributed by atoms with Gasteiger partial charge in [-0.3, -0.25) is 4.79 Å². The number of rotatable bonds is 2. The summed E-state index contributed by atoms with van der Waals surface area (Å²) in [4.78, 5) is 14.8. The number of para-hydroxylation sites is 1. The standard InChI is InChI=1S/C16H21NO3/c1-19-14-8-4-2-6-12(14)16(18)17-10-11-20-15-9-5-3-7-13(15)17/h2,4,6,8,13,15H,3,5,7,9-11H2,1H3/t13-,15+/m0/s1. The Morgan fingerprint density at radius 1 is 1.30 bits per heavy atom. The molecule has 0 unspecified atom stereocenters. The lowest BCUT2D eigenvalue weighted by atomic mass is 9.89. The Hall–Kier alpha value is -1.55. The highest BCUT2D eigenvalue weighted by Gasteiger charge is 2.37. The lowest BCUT2D eigenvalue weighted by Crippen LogP contribution is -2.54. The second kappa shape index (κ2) is 5.83. The number of morpholine rings is 1. The number of methoxy groups -OCH3 is 1. The molecule has 2 fully saturated rings. The van der Waals surface area contributed by atoms with Gasteiger partial charge in [0.1, 0.15) is 5.75 Å². The van der Waals surface area contributed by atoms with Gasteiger partial charge >= 0.3 is 0 Å². The van der Waals surface area contributed by atoms with E-state index in [0.717, 1.165) is 12.8 Å². The maximum Gasteiger partial charge on any atom is 0.258 e. The second-order valence-electron chi connectivity index (χ2n) is 5.46. The van der Waals surface area contributed by atoms with Crippen molar-refractivity contribution in [3.8, 4) is 5.75 Å². The zero-order valence-electron chi connectivity index (χ0n) is 11.9. The molecule has 1 aromatic carbocycles. The number of fused-ring (bicyclic) bond motifs is 1. The highest BCUT2D eigenvalue weighted by Crippen LogP contribution is 2.30. The molecule has 2 aliphatic rings. The van der Waals surface area contributed by atoms with Crippen LogP contribution in [0.2, 0.25) is 0 Å². The van der Waals surface area contributed by atoms with Crippen LogP contribution < -0.4 is 4.74 Å². The molecular formula is C16H21NO3. The Morgan fingerprint density at radius 2 is 2.10 bits per heavy atom. The Labute approximate surface area is 119 Å². The van der Waals surface area contributed by atoms with Gasteiger partial charge in [0.2, 0.25) is 0 Å². The molecule has 0 aromatic heterocycles. The molecular weight excluding hydrogens is 254 g/mol. The summed E-state index contributed by atoms with van der Waals surface area (Å²) < 4.78 is 11.1.